The highest BCUT2D eigenvalue weighted by Crippen LogP contribution is 2.38. The summed E-state index contributed by atoms with van der Waals surface area (Å²) in [5.74, 6) is -0.821. The van der Waals surface area contributed by atoms with E-state index in [2.05, 4.69) is 16.0 Å². The van der Waals surface area contributed by atoms with Crippen LogP contribution in [0.4, 0.5) is 8.78 Å². The van der Waals surface area contributed by atoms with Crippen LogP contribution >= 0.6 is 12.0 Å². The van der Waals surface area contributed by atoms with E-state index in [1.165, 1.54) is 0 Å². The van der Waals surface area contributed by atoms with Crippen LogP contribution in [0.2, 0.25) is 0 Å². The molecule has 0 spiro atoms. The van der Waals surface area contributed by atoms with Gasteiger partial charge in [-0.25, -0.2) is 0 Å². The van der Waals surface area contributed by atoms with Gasteiger partial charge < -0.3 is 15.1 Å². The second-order valence-electron chi connectivity index (χ2n) is 3.72. The lowest BCUT2D eigenvalue weighted by atomic mass is 9.95. The molecule has 0 saturated heterocycles. The fourth-order valence-electron chi connectivity index (χ4n) is 1.60. The van der Waals surface area contributed by atoms with Gasteiger partial charge in [0.1, 0.15) is 18.1 Å². The highest BCUT2D eigenvalue weighted by molar-refractivity contribution is 7.95. The van der Waals surface area contributed by atoms with Crippen LogP contribution in [0.5, 0.6) is 0 Å². The van der Waals surface area contributed by atoms with E-state index in [1.54, 1.807) is 0 Å². The number of hydrogen-bond acceptors (Lipinski definition) is 6. The van der Waals surface area contributed by atoms with Gasteiger partial charge in [0.2, 0.25) is 0 Å². The van der Waals surface area contributed by atoms with E-state index in [4.69, 9.17) is 4.74 Å². The number of aliphatic hydroxyl groups is 1. The normalized spacial score (nSPS) is 25.6. The molecular weight excluding hydrogens is 258 g/mol. The zero-order valence-electron chi connectivity index (χ0n) is 8.93. The van der Waals surface area contributed by atoms with Gasteiger partial charge in [-0.15, -0.1) is 0 Å². The minimum atomic E-state index is -3.58. The molecule has 0 aliphatic heterocycles. The second kappa shape index (κ2) is 6.50. The van der Waals surface area contributed by atoms with Crippen molar-refractivity contribution in [1.29, 1.82) is 0 Å². The Labute approximate surface area is 101 Å². The maximum Gasteiger partial charge on any atom is 0.376 e. The summed E-state index contributed by atoms with van der Waals surface area (Å²) in [6, 6.07) is 0. The minimum absolute atomic E-state index is 0.290. The maximum absolute atomic E-state index is 13.2. The number of ether oxygens (including phenoxy) is 1. The van der Waals surface area contributed by atoms with Gasteiger partial charge in [0, 0.05) is 6.42 Å². The van der Waals surface area contributed by atoms with Gasteiger partial charge in [-0.3, -0.25) is 5.04 Å². The lowest BCUT2D eigenvalue weighted by Gasteiger charge is -2.29. The Hall–Kier alpha value is -0.410. The van der Waals surface area contributed by atoms with Crippen LogP contribution in [0.15, 0.2) is 12.3 Å². The van der Waals surface area contributed by atoms with Crippen molar-refractivity contribution >= 4 is 12.0 Å². The topological polar surface area (TPSA) is 71.0 Å². The van der Waals surface area contributed by atoms with Gasteiger partial charge in [0.15, 0.2) is 5.76 Å². The first-order chi connectivity index (χ1) is 7.95. The third-order valence-corrected chi connectivity index (χ3v) is 2.96. The predicted molar refractivity (Wildman–Crippen MR) is 53.2 cm³/mol. The Morgan fingerprint density at radius 2 is 2.18 bits per heavy atom. The Balaban J connectivity index is 2.41. The van der Waals surface area contributed by atoms with Crippen LogP contribution in [0.25, 0.3) is 0 Å². The lowest BCUT2D eigenvalue weighted by Crippen LogP contribution is -2.29. The molecule has 0 aromatic carbocycles. The molecule has 8 heteroatoms. The molecule has 100 valence electrons. The highest BCUT2D eigenvalue weighted by atomic mass is 32.2. The average Bonchev–Trinajstić information content (AvgIpc) is 2.26. The molecular formula is C9H13F2O5S-. The van der Waals surface area contributed by atoms with E-state index < -0.39 is 35.3 Å². The predicted octanol–water partition coefficient (Wildman–Crippen LogP) is 1.28. The Kier molecular flexibility index (Phi) is 5.60. The highest BCUT2D eigenvalue weighted by Gasteiger charge is 2.39. The van der Waals surface area contributed by atoms with Gasteiger partial charge >= 0.3 is 5.25 Å². The lowest BCUT2D eigenvalue weighted by molar-refractivity contribution is -0.777. The summed E-state index contributed by atoms with van der Waals surface area (Å²) in [6.07, 6.45) is 1.19. The summed E-state index contributed by atoms with van der Waals surface area (Å²) in [4.78, 5) is 0. The van der Waals surface area contributed by atoms with Gasteiger partial charge in [0.25, 0.3) is 0 Å². The maximum atomic E-state index is 13.2. The third-order valence-electron chi connectivity index (χ3n) is 2.40. The molecule has 1 rings (SSSR count). The molecule has 0 aromatic heterocycles. The van der Waals surface area contributed by atoms with Crippen molar-refractivity contribution in [2.75, 3.05) is 0 Å². The molecule has 1 aliphatic rings. The van der Waals surface area contributed by atoms with Crippen molar-refractivity contribution in [3.05, 3.63) is 12.3 Å². The van der Waals surface area contributed by atoms with Crippen molar-refractivity contribution in [1.82, 2.24) is 0 Å². The van der Waals surface area contributed by atoms with E-state index in [0.717, 1.165) is 0 Å². The molecule has 0 heterocycles. The first kappa shape index (κ1) is 14.7. The summed E-state index contributed by atoms with van der Waals surface area (Å²) in [7, 11) is 0. The molecule has 5 nitrogen and oxygen atoms in total. The smallest absolute Gasteiger partial charge is 0.376 e. The molecule has 2 unspecified atom stereocenters. The van der Waals surface area contributed by atoms with E-state index in [1.807, 2.05) is 0 Å². The Morgan fingerprint density at radius 1 is 1.47 bits per heavy atom. The molecule has 1 saturated carbocycles. The average molecular weight is 271 g/mol. The van der Waals surface area contributed by atoms with E-state index in [-0.39, 0.29) is 0 Å². The van der Waals surface area contributed by atoms with Crippen molar-refractivity contribution in [3.63, 3.8) is 0 Å². The summed E-state index contributed by atoms with van der Waals surface area (Å²) >= 11 is -0.479. The molecule has 0 amide bonds. The molecule has 2 atom stereocenters. The van der Waals surface area contributed by atoms with Crippen LogP contribution in [0.1, 0.15) is 25.7 Å². The number of halogens is 2. The van der Waals surface area contributed by atoms with Gasteiger partial charge in [-0.05, 0) is 19.3 Å². The van der Waals surface area contributed by atoms with Crippen molar-refractivity contribution in [2.45, 2.75) is 43.1 Å². The van der Waals surface area contributed by atoms with Crippen molar-refractivity contribution in [3.8, 4) is 0 Å². The standard InChI is InChI=1S/C9H14F2O5S/c1-6(9(10,11)17-16-15-13)14-8-4-2-3-7(12)5-8/h7-8,12-13H,1-5H2/p-1. The minimum Gasteiger partial charge on any atom is -0.691 e. The van der Waals surface area contributed by atoms with Crippen LogP contribution in [0, 0.1) is 0 Å². The van der Waals surface area contributed by atoms with E-state index >= 15 is 0 Å². The van der Waals surface area contributed by atoms with Crippen molar-refractivity contribution in [2.24, 2.45) is 0 Å². The molecule has 0 aromatic rings. The van der Waals surface area contributed by atoms with Crippen molar-refractivity contribution < 1.29 is 33.3 Å². The van der Waals surface area contributed by atoms with E-state index in [9.17, 15) is 19.1 Å². The van der Waals surface area contributed by atoms with Crippen LogP contribution in [-0.2, 0) is 14.1 Å². The summed E-state index contributed by atoms with van der Waals surface area (Å²) in [6.45, 7) is 3.09. The van der Waals surface area contributed by atoms with E-state index in [0.29, 0.717) is 25.7 Å². The van der Waals surface area contributed by atoms with Gasteiger partial charge in [0.05, 0.1) is 6.10 Å². The van der Waals surface area contributed by atoms with Crippen LogP contribution < -0.4 is 5.26 Å². The Bertz CT molecular complexity index is 264. The molecule has 1 fully saturated rings. The summed E-state index contributed by atoms with van der Waals surface area (Å²) in [5.41, 5.74) is 0. The third kappa shape index (κ3) is 4.76. The zero-order chi connectivity index (χ0) is 12.9. The first-order valence-electron chi connectivity index (χ1n) is 5.02. The number of rotatable bonds is 6. The monoisotopic (exact) mass is 271 g/mol. The quantitative estimate of drug-likeness (QED) is 0.340. The zero-order valence-corrected chi connectivity index (χ0v) is 9.75. The fraction of sp³-hybridized carbons (Fsp3) is 0.778. The fourth-order valence-corrected chi connectivity index (χ4v) is 1.85. The number of hydrogen-bond donors (Lipinski definition) is 1. The molecule has 17 heavy (non-hydrogen) atoms. The second-order valence-corrected chi connectivity index (χ2v) is 4.54. The number of aliphatic hydroxyl groups excluding tert-OH is 1. The molecule has 0 bridgehead atoms. The van der Waals surface area contributed by atoms with Crippen LogP contribution in [-0.4, -0.2) is 22.6 Å². The SMILES string of the molecule is C=C(OC1CCCC(O)C1)C(F)(F)SOO[O-]. The number of alkyl halides is 2. The van der Waals surface area contributed by atoms with Crippen LogP contribution in [0.3, 0.4) is 0 Å². The van der Waals surface area contributed by atoms with Gasteiger partial charge in [-0.1, -0.05) is 6.58 Å². The Morgan fingerprint density at radius 3 is 2.76 bits per heavy atom. The first-order valence-corrected chi connectivity index (χ1v) is 5.76. The molecule has 1 N–H and O–H groups in total. The largest absolute Gasteiger partial charge is 0.691 e. The van der Waals surface area contributed by atoms with Gasteiger partial charge in [-0.2, -0.15) is 13.1 Å². The molecule has 0 radical (unpaired) electrons. The summed E-state index contributed by atoms with van der Waals surface area (Å²) in [5, 5.41) is 18.1. The molecule has 1 aliphatic carbocycles. The summed E-state index contributed by atoms with van der Waals surface area (Å²) < 4.78 is 34.9.